The molecule has 1 aromatic heterocycles. The van der Waals surface area contributed by atoms with Crippen LogP contribution in [0.25, 0.3) is 0 Å². The van der Waals surface area contributed by atoms with Crippen molar-refractivity contribution in [2.45, 2.75) is 6.54 Å². The summed E-state index contributed by atoms with van der Waals surface area (Å²) in [5.41, 5.74) is 1.52. The minimum atomic E-state index is -0.149. The zero-order valence-corrected chi connectivity index (χ0v) is 9.20. The molecule has 2 rings (SSSR count). The Hall–Kier alpha value is -1.74. The number of halogens is 1. The van der Waals surface area contributed by atoms with Crippen molar-refractivity contribution in [2.75, 3.05) is 0 Å². The van der Waals surface area contributed by atoms with Crippen molar-refractivity contribution >= 4 is 17.5 Å². The van der Waals surface area contributed by atoms with E-state index in [9.17, 15) is 4.79 Å². The second kappa shape index (κ2) is 4.86. The minimum Gasteiger partial charge on any atom is -0.472 e. The number of benzene rings is 1. The highest BCUT2D eigenvalue weighted by Gasteiger charge is 2.05. The first-order valence-corrected chi connectivity index (χ1v) is 5.18. The second-order valence-electron chi connectivity index (χ2n) is 3.32. The lowest BCUT2D eigenvalue weighted by Gasteiger charge is -2.03. The van der Waals surface area contributed by atoms with Gasteiger partial charge in [0, 0.05) is 11.6 Å². The van der Waals surface area contributed by atoms with E-state index in [-0.39, 0.29) is 5.91 Å². The van der Waals surface area contributed by atoms with Gasteiger partial charge in [0.2, 0.25) is 0 Å². The molecule has 0 radical (unpaired) electrons. The molecule has 0 fully saturated rings. The van der Waals surface area contributed by atoms with E-state index < -0.39 is 0 Å². The Morgan fingerprint density at radius 2 is 2.00 bits per heavy atom. The van der Waals surface area contributed by atoms with Crippen LogP contribution in [0, 0.1) is 0 Å². The van der Waals surface area contributed by atoms with Crippen molar-refractivity contribution in [3.63, 3.8) is 0 Å². The summed E-state index contributed by atoms with van der Waals surface area (Å²) in [5.74, 6) is -0.149. The van der Waals surface area contributed by atoms with E-state index >= 15 is 0 Å². The molecule has 0 saturated carbocycles. The van der Waals surface area contributed by atoms with Crippen LogP contribution in [0.4, 0.5) is 0 Å². The van der Waals surface area contributed by atoms with Crippen molar-refractivity contribution in [1.82, 2.24) is 5.32 Å². The topological polar surface area (TPSA) is 42.2 Å². The third kappa shape index (κ3) is 2.64. The van der Waals surface area contributed by atoms with Gasteiger partial charge in [0.15, 0.2) is 0 Å². The van der Waals surface area contributed by atoms with Crippen LogP contribution in [0.1, 0.15) is 15.9 Å². The van der Waals surface area contributed by atoms with E-state index in [0.29, 0.717) is 17.1 Å². The van der Waals surface area contributed by atoms with Gasteiger partial charge in [-0.1, -0.05) is 23.7 Å². The normalized spacial score (nSPS) is 10.1. The van der Waals surface area contributed by atoms with Crippen LogP contribution in [0.15, 0.2) is 47.3 Å². The molecule has 1 N–H and O–H groups in total. The molecule has 1 heterocycles. The quantitative estimate of drug-likeness (QED) is 0.889. The highest BCUT2D eigenvalue weighted by atomic mass is 35.5. The Morgan fingerprint density at radius 1 is 1.25 bits per heavy atom. The lowest BCUT2D eigenvalue weighted by Crippen LogP contribution is -2.22. The predicted molar refractivity (Wildman–Crippen MR) is 61.3 cm³/mol. The fourth-order valence-electron chi connectivity index (χ4n) is 1.28. The molecule has 0 bridgehead atoms. The summed E-state index contributed by atoms with van der Waals surface area (Å²) in [4.78, 5) is 11.5. The maximum atomic E-state index is 11.5. The van der Waals surface area contributed by atoms with Gasteiger partial charge in [-0.3, -0.25) is 4.79 Å². The number of nitrogens with one attached hydrogen (secondary N) is 1. The molecule has 16 heavy (non-hydrogen) atoms. The second-order valence-corrected chi connectivity index (χ2v) is 3.76. The maximum Gasteiger partial charge on any atom is 0.254 e. The number of carbonyl (C=O) groups is 1. The Labute approximate surface area is 98.0 Å². The first-order chi connectivity index (χ1) is 7.75. The SMILES string of the molecule is O=C(NCc1ccc(Cl)cc1)c1ccoc1. The van der Waals surface area contributed by atoms with Gasteiger partial charge in [-0.15, -0.1) is 0 Å². The molecule has 0 aliphatic carbocycles. The van der Waals surface area contributed by atoms with Gasteiger partial charge in [-0.2, -0.15) is 0 Å². The number of furan rings is 1. The van der Waals surface area contributed by atoms with Gasteiger partial charge >= 0.3 is 0 Å². The van der Waals surface area contributed by atoms with E-state index in [1.807, 2.05) is 12.1 Å². The molecule has 0 aliphatic rings. The van der Waals surface area contributed by atoms with Crippen molar-refractivity contribution in [1.29, 1.82) is 0 Å². The zero-order chi connectivity index (χ0) is 11.4. The summed E-state index contributed by atoms with van der Waals surface area (Å²) >= 11 is 5.76. The molecule has 0 atom stereocenters. The number of rotatable bonds is 3. The van der Waals surface area contributed by atoms with E-state index in [1.165, 1.54) is 12.5 Å². The van der Waals surface area contributed by atoms with Crippen LogP contribution in [-0.2, 0) is 6.54 Å². The standard InChI is InChI=1S/C12H10ClNO2/c13-11-3-1-9(2-4-11)7-14-12(15)10-5-6-16-8-10/h1-6,8H,7H2,(H,14,15). The zero-order valence-electron chi connectivity index (χ0n) is 8.44. The Bertz CT molecular complexity index is 462. The van der Waals surface area contributed by atoms with Crippen molar-refractivity contribution in [3.8, 4) is 0 Å². The van der Waals surface area contributed by atoms with E-state index in [1.54, 1.807) is 18.2 Å². The van der Waals surface area contributed by atoms with Crippen molar-refractivity contribution in [2.24, 2.45) is 0 Å². The average Bonchev–Trinajstić information content (AvgIpc) is 2.81. The fraction of sp³-hybridized carbons (Fsp3) is 0.0833. The highest BCUT2D eigenvalue weighted by Crippen LogP contribution is 2.09. The lowest BCUT2D eigenvalue weighted by molar-refractivity contribution is 0.0950. The number of hydrogen-bond acceptors (Lipinski definition) is 2. The first-order valence-electron chi connectivity index (χ1n) is 4.80. The van der Waals surface area contributed by atoms with Crippen LogP contribution in [0.2, 0.25) is 5.02 Å². The monoisotopic (exact) mass is 235 g/mol. The van der Waals surface area contributed by atoms with Crippen LogP contribution >= 0.6 is 11.6 Å². The van der Waals surface area contributed by atoms with E-state index in [4.69, 9.17) is 16.0 Å². The summed E-state index contributed by atoms with van der Waals surface area (Å²) in [7, 11) is 0. The largest absolute Gasteiger partial charge is 0.472 e. The minimum absolute atomic E-state index is 0.149. The molecule has 0 spiro atoms. The van der Waals surface area contributed by atoms with Crippen molar-refractivity contribution in [3.05, 3.63) is 59.0 Å². The van der Waals surface area contributed by atoms with Gasteiger partial charge in [0.05, 0.1) is 11.8 Å². The molecule has 0 unspecified atom stereocenters. The molecule has 4 heteroatoms. The van der Waals surface area contributed by atoms with Gasteiger partial charge in [0.25, 0.3) is 5.91 Å². The molecule has 0 saturated heterocycles. The molecule has 2 aromatic rings. The van der Waals surface area contributed by atoms with Crippen molar-refractivity contribution < 1.29 is 9.21 Å². The summed E-state index contributed by atoms with van der Waals surface area (Å²) in [6.45, 7) is 0.473. The van der Waals surface area contributed by atoms with E-state index in [0.717, 1.165) is 5.56 Å². The molecule has 1 aromatic carbocycles. The first kappa shape index (κ1) is 10.8. The van der Waals surface area contributed by atoms with Gasteiger partial charge < -0.3 is 9.73 Å². The molecular weight excluding hydrogens is 226 g/mol. The molecule has 82 valence electrons. The summed E-state index contributed by atoms with van der Waals surface area (Å²) in [6, 6.07) is 8.95. The predicted octanol–water partition coefficient (Wildman–Crippen LogP) is 2.86. The fourth-order valence-corrected chi connectivity index (χ4v) is 1.41. The number of hydrogen-bond donors (Lipinski definition) is 1. The Balaban J connectivity index is 1.93. The maximum absolute atomic E-state index is 11.5. The molecule has 0 aliphatic heterocycles. The smallest absolute Gasteiger partial charge is 0.254 e. The lowest BCUT2D eigenvalue weighted by atomic mass is 10.2. The Kier molecular flexibility index (Phi) is 3.27. The number of amides is 1. The third-order valence-corrected chi connectivity index (χ3v) is 2.40. The average molecular weight is 236 g/mol. The molecule has 1 amide bonds. The third-order valence-electron chi connectivity index (χ3n) is 2.15. The van der Waals surface area contributed by atoms with Gasteiger partial charge in [-0.05, 0) is 23.8 Å². The number of carbonyl (C=O) groups excluding carboxylic acids is 1. The van der Waals surface area contributed by atoms with Crippen LogP contribution in [0.5, 0.6) is 0 Å². The highest BCUT2D eigenvalue weighted by molar-refractivity contribution is 6.30. The Morgan fingerprint density at radius 3 is 2.62 bits per heavy atom. The summed E-state index contributed by atoms with van der Waals surface area (Å²) in [6.07, 6.45) is 2.88. The van der Waals surface area contributed by atoms with Gasteiger partial charge in [0.1, 0.15) is 6.26 Å². The molecular formula is C12H10ClNO2. The van der Waals surface area contributed by atoms with E-state index in [2.05, 4.69) is 5.32 Å². The summed E-state index contributed by atoms with van der Waals surface area (Å²) in [5, 5.41) is 3.46. The van der Waals surface area contributed by atoms with Crippen LogP contribution in [0.3, 0.4) is 0 Å². The van der Waals surface area contributed by atoms with Crippen LogP contribution in [-0.4, -0.2) is 5.91 Å². The molecule has 3 nitrogen and oxygen atoms in total. The van der Waals surface area contributed by atoms with Crippen LogP contribution < -0.4 is 5.32 Å². The summed E-state index contributed by atoms with van der Waals surface area (Å²) < 4.78 is 4.83. The van der Waals surface area contributed by atoms with Gasteiger partial charge in [-0.25, -0.2) is 0 Å².